The number of hydrogen-bond donors (Lipinski definition) is 1. The fourth-order valence-electron chi connectivity index (χ4n) is 2.29. The van der Waals surface area contributed by atoms with E-state index in [1.807, 2.05) is 6.92 Å². The maximum absolute atomic E-state index is 5.30. The molecule has 1 atom stereocenters. The Labute approximate surface area is 115 Å². The van der Waals surface area contributed by atoms with Crippen molar-refractivity contribution in [2.45, 2.75) is 44.6 Å². The van der Waals surface area contributed by atoms with Gasteiger partial charge < -0.3 is 9.72 Å². The van der Waals surface area contributed by atoms with E-state index in [0.717, 1.165) is 10.3 Å². The molecule has 0 aliphatic heterocycles. The van der Waals surface area contributed by atoms with Gasteiger partial charge in [-0.25, -0.2) is 4.98 Å². The Hall–Kier alpha value is -0.260. The summed E-state index contributed by atoms with van der Waals surface area (Å²) in [4.78, 5) is 7.76. The number of aromatic amines is 1. The largest absolute Gasteiger partial charge is 0.374 e. The number of nitrogens with one attached hydrogen (secondary N) is 1. The Morgan fingerprint density at radius 2 is 2.12 bits per heavy atom. The molecule has 0 bridgehead atoms. The van der Waals surface area contributed by atoms with E-state index in [0.29, 0.717) is 10.6 Å². The standard InChI is InChI=1S/C12H17BrN2OS/c1-7(16-2)11-14-10(8-5-3-4-6-8)9(13)12(17)15-11/h7-8H,3-6H2,1-2H3,(H,14,15,17). The van der Waals surface area contributed by atoms with Crippen molar-refractivity contribution < 1.29 is 4.74 Å². The molecule has 3 nitrogen and oxygen atoms in total. The van der Waals surface area contributed by atoms with Crippen LogP contribution < -0.4 is 0 Å². The highest BCUT2D eigenvalue weighted by atomic mass is 79.9. The first kappa shape index (κ1) is 13.2. The van der Waals surface area contributed by atoms with Crippen LogP contribution in [0.25, 0.3) is 0 Å². The van der Waals surface area contributed by atoms with E-state index >= 15 is 0 Å². The molecule has 0 radical (unpaired) electrons. The molecule has 0 saturated heterocycles. The highest BCUT2D eigenvalue weighted by molar-refractivity contribution is 9.10. The summed E-state index contributed by atoms with van der Waals surface area (Å²) in [7, 11) is 1.68. The van der Waals surface area contributed by atoms with Gasteiger partial charge in [0.15, 0.2) is 0 Å². The number of hydrogen-bond acceptors (Lipinski definition) is 3. The molecule has 0 spiro atoms. The second-order valence-electron chi connectivity index (χ2n) is 4.51. The maximum atomic E-state index is 5.30. The Kier molecular flexibility index (Phi) is 4.33. The number of nitrogens with zero attached hydrogens (tertiary/aromatic N) is 1. The van der Waals surface area contributed by atoms with Gasteiger partial charge in [-0.3, -0.25) is 0 Å². The first-order valence-electron chi connectivity index (χ1n) is 5.96. The van der Waals surface area contributed by atoms with Crippen molar-refractivity contribution >= 4 is 28.1 Å². The lowest BCUT2D eigenvalue weighted by molar-refractivity contribution is 0.111. The van der Waals surface area contributed by atoms with Crippen LogP contribution in [0, 0.1) is 4.64 Å². The van der Waals surface area contributed by atoms with Crippen LogP contribution in [0.3, 0.4) is 0 Å². The minimum Gasteiger partial charge on any atom is -0.374 e. The van der Waals surface area contributed by atoms with Crippen molar-refractivity contribution in [1.29, 1.82) is 0 Å². The van der Waals surface area contributed by atoms with Crippen LogP contribution in [-0.4, -0.2) is 17.1 Å². The van der Waals surface area contributed by atoms with Crippen LogP contribution in [0.1, 0.15) is 56.1 Å². The van der Waals surface area contributed by atoms with Gasteiger partial charge in [0, 0.05) is 18.7 Å². The smallest absolute Gasteiger partial charge is 0.144 e. The summed E-state index contributed by atoms with van der Waals surface area (Å²) in [5, 5.41) is 0. The lowest BCUT2D eigenvalue weighted by Crippen LogP contribution is -2.08. The Bertz CT molecular complexity index is 454. The van der Waals surface area contributed by atoms with Gasteiger partial charge in [0.1, 0.15) is 16.6 Å². The van der Waals surface area contributed by atoms with Crippen LogP contribution in [-0.2, 0) is 4.74 Å². The molecule has 1 heterocycles. The van der Waals surface area contributed by atoms with Crippen molar-refractivity contribution in [3.63, 3.8) is 0 Å². The van der Waals surface area contributed by atoms with Crippen molar-refractivity contribution in [1.82, 2.24) is 9.97 Å². The highest BCUT2D eigenvalue weighted by Gasteiger charge is 2.22. The predicted octanol–water partition coefficient (Wildman–Crippen LogP) is 4.27. The fourth-order valence-corrected chi connectivity index (χ4v) is 3.01. The summed E-state index contributed by atoms with van der Waals surface area (Å²) < 4.78 is 6.87. The van der Waals surface area contributed by atoms with Crippen molar-refractivity contribution in [3.8, 4) is 0 Å². The SMILES string of the molecule is COC(C)c1nc(=S)c(Br)c(C2CCCC2)[nH]1. The van der Waals surface area contributed by atoms with Crippen molar-refractivity contribution in [2.75, 3.05) is 7.11 Å². The minimum absolute atomic E-state index is 0.0510. The Balaban J connectivity index is 2.42. The molecule has 2 rings (SSSR count). The second kappa shape index (κ2) is 5.59. The predicted molar refractivity (Wildman–Crippen MR) is 73.8 cm³/mol. The number of aromatic nitrogens is 2. The van der Waals surface area contributed by atoms with Crippen LogP contribution in [0.2, 0.25) is 0 Å². The molecule has 0 aromatic carbocycles. The van der Waals surface area contributed by atoms with E-state index in [-0.39, 0.29) is 6.10 Å². The van der Waals surface area contributed by atoms with E-state index in [4.69, 9.17) is 17.0 Å². The van der Waals surface area contributed by atoms with Gasteiger partial charge in [-0.2, -0.15) is 0 Å². The summed E-state index contributed by atoms with van der Waals surface area (Å²) in [6.45, 7) is 1.97. The molecule has 0 amide bonds. The average Bonchev–Trinajstić information content (AvgIpc) is 2.85. The van der Waals surface area contributed by atoms with Gasteiger partial charge in [-0.05, 0) is 35.7 Å². The first-order chi connectivity index (χ1) is 8.13. The molecule has 94 valence electrons. The minimum atomic E-state index is -0.0510. The van der Waals surface area contributed by atoms with Gasteiger partial charge in [0.05, 0.1) is 4.47 Å². The molecular weight excluding hydrogens is 300 g/mol. The molecule has 5 heteroatoms. The molecule has 17 heavy (non-hydrogen) atoms. The molecule has 1 fully saturated rings. The number of halogens is 1. The number of ether oxygens (including phenoxy) is 1. The van der Waals surface area contributed by atoms with E-state index in [1.54, 1.807) is 7.11 Å². The number of methoxy groups -OCH3 is 1. The van der Waals surface area contributed by atoms with Crippen LogP contribution in [0.15, 0.2) is 4.47 Å². The lowest BCUT2D eigenvalue weighted by Gasteiger charge is -2.16. The third-order valence-corrected chi connectivity index (χ3v) is 4.77. The second-order valence-corrected chi connectivity index (χ2v) is 5.69. The summed E-state index contributed by atoms with van der Waals surface area (Å²) >= 11 is 8.85. The topological polar surface area (TPSA) is 37.9 Å². The van der Waals surface area contributed by atoms with E-state index in [1.165, 1.54) is 31.4 Å². The fraction of sp³-hybridized carbons (Fsp3) is 0.667. The first-order valence-corrected chi connectivity index (χ1v) is 7.16. The van der Waals surface area contributed by atoms with E-state index in [9.17, 15) is 0 Å². The zero-order valence-corrected chi connectivity index (χ0v) is 12.5. The zero-order valence-electron chi connectivity index (χ0n) is 10.1. The van der Waals surface area contributed by atoms with Crippen molar-refractivity contribution in [2.24, 2.45) is 0 Å². The van der Waals surface area contributed by atoms with E-state index in [2.05, 4.69) is 25.9 Å². The van der Waals surface area contributed by atoms with Gasteiger partial charge in [0.2, 0.25) is 0 Å². The van der Waals surface area contributed by atoms with Gasteiger partial charge in [0.25, 0.3) is 0 Å². The summed E-state index contributed by atoms with van der Waals surface area (Å²) in [5.41, 5.74) is 1.20. The normalized spacial score (nSPS) is 18.5. The molecule has 1 unspecified atom stereocenters. The Morgan fingerprint density at radius 3 is 2.71 bits per heavy atom. The van der Waals surface area contributed by atoms with Crippen LogP contribution in [0.4, 0.5) is 0 Å². The van der Waals surface area contributed by atoms with Gasteiger partial charge in [-0.1, -0.05) is 25.1 Å². The summed E-state index contributed by atoms with van der Waals surface area (Å²) in [5.74, 6) is 1.40. The van der Waals surface area contributed by atoms with Crippen LogP contribution in [0.5, 0.6) is 0 Å². The van der Waals surface area contributed by atoms with Crippen molar-refractivity contribution in [3.05, 3.63) is 20.6 Å². The Morgan fingerprint density at radius 1 is 1.47 bits per heavy atom. The molecule has 1 aliphatic rings. The molecule has 1 aliphatic carbocycles. The third-order valence-electron chi connectivity index (χ3n) is 3.41. The quantitative estimate of drug-likeness (QED) is 0.846. The number of H-pyrrole nitrogens is 1. The number of rotatable bonds is 3. The van der Waals surface area contributed by atoms with Gasteiger partial charge in [-0.15, -0.1) is 0 Å². The maximum Gasteiger partial charge on any atom is 0.144 e. The average molecular weight is 317 g/mol. The van der Waals surface area contributed by atoms with E-state index < -0.39 is 0 Å². The molecule has 1 N–H and O–H groups in total. The molecule has 1 saturated carbocycles. The summed E-state index contributed by atoms with van der Waals surface area (Å²) in [6, 6.07) is 0. The van der Waals surface area contributed by atoms with Crippen LogP contribution >= 0.6 is 28.1 Å². The zero-order chi connectivity index (χ0) is 12.4. The summed E-state index contributed by atoms with van der Waals surface area (Å²) in [6.07, 6.45) is 5.01. The third kappa shape index (κ3) is 2.77. The monoisotopic (exact) mass is 316 g/mol. The lowest BCUT2D eigenvalue weighted by atomic mass is 10.0. The highest BCUT2D eigenvalue weighted by Crippen LogP contribution is 2.37. The van der Waals surface area contributed by atoms with Gasteiger partial charge >= 0.3 is 0 Å². The molecule has 1 aromatic heterocycles. The molecule has 1 aromatic rings. The molecular formula is C12H17BrN2OS.